The zero-order valence-corrected chi connectivity index (χ0v) is 14.2. The molecule has 1 N–H and O–H groups in total. The number of halogens is 1. The minimum Gasteiger partial charge on any atom is -0.370 e. The van der Waals surface area contributed by atoms with Crippen LogP contribution in [0.2, 0.25) is 5.02 Å². The third-order valence-electron chi connectivity index (χ3n) is 3.75. The maximum Gasteiger partial charge on any atom is 0.138 e. The van der Waals surface area contributed by atoms with Crippen molar-refractivity contribution in [2.75, 3.05) is 23.8 Å². The molecule has 3 rings (SSSR count). The van der Waals surface area contributed by atoms with E-state index in [-0.39, 0.29) is 0 Å². The van der Waals surface area contributed by atoms with E-state index in [0.717, 1.165) is 35.3 Å². The van der Waals surface area contributed by atoms with E-state index in [9.17, 15) is 0 Å². The molecule has 0 aliphatic carbocycles. The molecular weight excluding hydrogens is 320 g/mol. The molecule has 0 aliphatic heterocycles. The summed E-state index contributed by atoms with van der Waals surface area (Å²) >= 11 is 6.01. The van der Waals surface area contributed by atoms with Crippen molar-refractivity contribution in [1.82, 2.24) is 9.97 Å². The standard InChI is InChI=1S/C19H19ClN4/c1-24(17-8-3-2-4-9-17)19-13-18(22-14-23-19)21-11-10-15-6-5-7-16(20)12-15/h2-9,12-14H,10-11H2,1H3,(H,21,22,23). The van der Waals surface area contributed by atoms with Crippen LogP contribution < -0.4 is 10.2 Å². The Morgan fingerprint density at radius 2 is 1.83 bits per heavy atom. The third-order valence-corrected chi connectivity index (χ3v) is 3.98. The summed E-state index contributed by atoms with van der Waals surface area (Å²) in [6, 6.07) is 20.0. The highest BCUT2D eigenvalue weighted by atomic mass is 35.5. The summed E-state index contributed by atoms with van der Waals surface area (Å²) in [5, 5.41) is 4.10. The molecule has 0 saturated carbocycles. The van der Waals surface area contributed by atoms with Crippen LogP contribution in [-0.2, 0) is 6.42 Å². The van der Waals surface area contributed by atoms with Crippen molar-refractivity contribution in [3.05, 3.63) is 77.6 Å². The summed E-state index contributed by atoms with van der Waals surface area (Å²) in [4.78, 5) is 10.7. The van der Waals surface area contributed by atoms with E-state index in [1.165, 1.54) is 5.56 Å². The van der Waals surface area contributed by atoms with Crippen LogP contribution in [0.15, 0.2) is 67.0 Å². The molecule has 0 fully saturated rings. The van der Waals surface area contributed by atoms with Crippen molar-refractivity contribution in [1.29, 1.82) is 0 Å². The Labute approximate surface area is 147 Å². The minimum absolute atomic E-state index is 0.765. The van der Waals surface area contributed by atoms with Gasteiger partial charge >= 0.3 is 0 Å². The van der Waals surface area contributed by atoms with Gasteiger partial charge in [0.25, 0.3) is 0 Å². The zero-order valence-electron chi connectivity index (χ0n) is 13.5. The third kappa shape index (κ3) is 4.24. The smallest absolute Gasteiger partial charge is 0.138 e. The van der Waals surface area contributed by atoms with E-state index < -0.39 is 0 Å². The van der Waals surface area contributed by atoms with Crippen LogP contribution in [0.1, 0.15) is 5.56 Å². The summed E-state index contributed by atoms with van der Waals surface area (Å²) in [6.45, 7) is 0.784. The molecule has 0 bridgehead atoms. The zero-order chi connectivity index (χ0) is 16.8. The Morgan fingerprint density at radius 3 is 2.62 bits per heavy atom. The van der Waals surface area contributed by atoms with Gasteiger partial charge in [-0.1, -0.05) is 41.9 Å². The molecule has 3 aromatic rings. The Balaban J connectivity index is 1.63. The van der Waals surface area contributed by atoms with Crippen LogP contribution >= 0.6 is 11.6 Å². The first-order valence-electron chi connectivity index (χ1n) is 7.81. The Morgan fingerprint density at radius 1 is 1.00 bits per heavy atom. The van der Waals surface area contributed by atoms with Gasteiger partial charge < -0.3 is 10.2 Å². The van der Waals surface area contributed by atoms with Crippen LogP contribution in [0.5, 0.6) is 0 Å². The molecule has 24 heavy (non-hydrogen) atoms. The number of benzene rings is 2. The average molecular weight is 339 g/mol. The number of nitrogens with one attached hydrogen (secondary N) is 1. The predicted octanol–water partition coefficient (Wildman–Crippen LogP) is 4.55. The van der Waals surface area contributed by atoms with Crippen LogP contribution in [0.25, 0.3) is 0 Å². The van der Waals surface area contributed by atoms with Crippen LogP contribution in [0.4, 0.5) is 17.3 Å². The van der Waals surface area contributed by atoms with Crippen molar-refractivity contribution >= 4 is 28.9 Å². The highest BCUT2D eigenvalue weighted by Crippen LogP contribution is 2.22. The first-order chi connectivity index (χ1) is 11.7. The van der Waals surface area contributed by atoms with Crippen molar-refractivity contribution in [2.24, 2.45) is 0 Å². The summed E-state index contributed by atoms with van der Waals surface area (Å²) < 4.78 is 0. The van der Waals surface area contributed by atoms with E-state index >= 15 is 0 Å². The van der Waals surface area contributed by atoms with Crippen molar-refractivity contribution in [3.8, 4) is 0 Å². The lowest BCUT2D eigenvalue weighted by Gasteiger charge is -2.18. The fraction of sp³-hybridized carbons (Fsp3) is 0.158. The maximum absolute atomic E-state index is 6.01. The van der Waals surface area contributed by atoms with Crippen LogP contribution in [0, 0.1) is 0 Å². The molecule has 0 saturated heterocycles. The molecular formula is C19H19ClN4. The minimum atomic E-state index is 0.765. The lowest BCUT2D eigenvalue weighted by Crippen LogP contribution is -2.13. The summed E-state index contributed by atoms with van der Waals surface area (Å²) in [5.74, 6) is 1.66. The first kappa shape index (κ1) is 16.3. The molecule has 1 aromatic heterocycles. The molecule has 4 nitrogen and oxygen atoms in total. The van der Waals surface area contributed by atoms with Gasteiger partial charge in [-0.2, -0.15) is 0 Å². The second-order valence-electron chi connectivity index (χ2n) is 5.46. The molecule has 0 radical (unpaired) electrons. The second kappa shape index (κ2) is 7.79. The highest BCUT2D eigenvalue weighted by molar-refractivity contribution is 6.30. The molecule has 2 aromatic carbocycles. The topological polar surface area (TPSA) is 41.0 Å². The molecule has 0 unspecified atom stereocenters. The maximum atomic E-state index is 6.01. The van der Waals surface area contributed by atoms with Crippen molar-refractivity contribution < 1.29 is 0 Å². The molecule has 0 atom stereocenters. The monoisotopic (exact) mass is 338 g/mol. The number of aromatic nitrogens is 2. The normalized spacial score (nSPS) is 10.4. The summed E-state index contributed by atoms with van der Waals surface area (Å²) in [7, 11) is 1.99. The van der Waals surface area contributed by atoms with Gasteiger partial charge in [-0.05, 0) is 36.2 Å². The highest BCUT2D eigenvalue weighted by Gasteiger charge is 2.06. The SMILES string of the molecule is CN(c1ccccc1)c1cc(NCCc2cccc(Cl)c2)ncn1. The lowest BCUT2D eigenvalue weighted by molar-refractivity contribution is 0.994. The second-order valence-corrected chi connectivity index (χ2v) is 5.90. The van der Waals surface area contributed by atoms with E-state index in [0.29, 0.717) is 0 Å². The molecule has 0 aliphatic rings. The van der Waals surface area contributed by atoms with Crippen molar-refractivity contribution in [3.63, 3.8) is 0 Å². The number of rotatable bonds is 6. The van der Waals surface area contributed by atoms with E-state index in [4.69, 9.17) is 11.6 Å². The first-order valence-corrected chi connectivity index (χ1v) is 8.19. The fourth-order valence-electron chi connectivity index (χ4n) is 2.44. The largest absolute Gasteiger partial charge is 0.370 e. The van der Waals surface area contributed by atoms with E-state index in [1.807, 2.05) is 66.5 Å². The van der Waals surface area contributed by atoms with E-state index in [1.54, 1.807) is 6.33 Å². The number of hydrogen-bond donors (Lipinski definition) is 1. The Kier molecular flexibility index (Phi) is 5.29. The van der Waals surface area contributed by atoms with Gasteiger partial charge in [0.05, 0.1) is 0 Å². The number of para-hydroxylation sites is 1. The van der Waals surface area contributed by atoms with Crippen LogP contribution in [-0.4, -0.2) is 23.6 Å². The quantitative estimate of drug-likeness (QED) is 0.715. The fourth-order valence-corrected chi connectivity index (χ4v) is 2.65. The van der Waals surface area contributed by atoms with Gasteiger partial charge in [-0.15, -0.1) is 0 Å². The van der Waals surface area contributed by atoms with Gasteiger partial charge in [0, 0.05) is 30.4 Å². The lowest BCUT2D eigenvalue weighted by atomic mass is 10.1. The number of nitrogens with zero attached hydrogens (tertiary/aromatic N) is 3. The van der Waals surface area contributed by atoms with Crippen LogP contribution in [0.3, 0.4) is 0 Å². The van der Waals surface area contributed by atoms with Gasteiger partial charge in [-0.25, -0.2) is 9.97 Å². The summed E-state index contributed by atoms with van der Waals surface area (Å²) in [5.41, 5.74) is 2.28. The molecule has 5 heteroatoms. The van der Waals surface area contributed by atoms with E-state index in [2.05, 4.69) is 21.4 Å². The van der Waals surface area contributed by atoms with Gasteiger partial charge in [-0.3, -0.25) is 0 Å². The average Bonchev–Trinajstić information content (AvgIpc) is 2.62. The molecule has 0 spiro atoms. The molecule has 122 valence electrons. The summed E-state index contributed by atoms with van der Waals surface area (Å²) in [6.07, 6.45) is 2.46. The van der Waals surface area contributed by atoms with Gasteiger partial charge in [0.15, 0.2) is 0 Å². The molecule has 0 amide bonds. The Hall–Kier alpha value is -2.59. The number of anilines is 3. The molecule has 1 heterocycles. The predicted molar refractivity (Wildman–Crippen MR) is 100 cm³/mol. The Bertz CT molecular complexity index is 792. The van der Waals surface area contributed by atoms with Crippen molar-refractivity contribution in [2.45, 2.75) is 6.42 Å². The number of hydrogen-bond acceptors (Lipinski definition) is 4. The van der Waals surface area contributed by atoms with Gasteiger partial charge in [0.1, 0.15) is 18.0 Å². The van der Waals surface area contributed by atoms with Gasteiger partial charge in [0.2, 0.25) is 0 Å².